The number of hydrogen-bond acceptors (Lipinski definition) is 4. The van der Waals surface area contributed by atoms with Crippen molar-refractivity contribution >= 4 is 28.4 Å². The number of benzene rings is 2. The van der Waals surface area contributed by atoms with E-state index in [0.29, 0.717) is 34.3 Å². The van der Waals surface area contributed by atoms with E-state index in [9.17, 15) is 14.4 Å². The summed E-state index contributed by atoms with van der Waals surface area (Å²) in [7, 11) is 1.57. The Labute approximate surface area is 174 Å². The second kappa shape index (κ2) is 8.49. The fourth-order valence-corrected chi connectivity index (χ4v) is 3.79. The number of carbonyl (C=O) groups is 2. The first-order valence-corrected chi connectivity index (χ1v) is 10.2. The summed E-state index contributed by atoms with van der Waals surface area (Å²) in [5.74, 6) is 0.322. The summed E-state index contributed by atoms with van der Waals surface area (Å²) in [5, 5.41) is 5.91. The van der Waals surface area contributed by atoms with Crippen molar-refractivity contribution in [1.82, 2.24) is 14.9 Å². The van der Waals surface area contributed by atoms with Gasteiger partial charge in [-0.05, 0) is 55.3 Å². The van der Waals surface area contributed by atoms with Crippen LogP contribution in [0.5, 0.6) is 0 Å². The fourth-order valence-electron chi connectivity index (χ4n) is 3.79. The summed E-state index contributed by atoms with van der Waals surface area (Å²) in [6.45, 7) is 0.700. The summed E-state index contributed by atoms with van der Waals surface area (Å²) in [6.07, 6.45) is 5.06. The standard InChI is InChI=1S/C23H24N4O3/c1-24-21(28)15-7-10-17(11-8-15)25-22(29)16-9-12-18-19(14-16)26-20-6-4-2-3-5-13-27(20)23(18)30/h7-12,14H,2-6,13H2,1H3,(H,24,28)(H,25,29). The maximum absolute atomic E-state index is 12.9. The van der Waals surface area contributed by atoms with Crippen LogP contribution in [-0.2, 0) is 13.0 Å². The SMILES string of the molecule is CNC(=O)c1ccc(NC(=O)c2ccc3c(=O)n4c(nc3c2)CCCCCC4)cc1. The monoisotopic (exact) mass is 404 g/mol. The van der Waals surface area contributed by atoms with Crippen molar-refractivity contribution in [3.63, 3.8) is 0 Å². The van der Waals surface area contributed by atoms with E-state index in [-0.39, 0.29) is 17.4 Å². The molecule has 2 aromatic carbocycles. The molecule has 0 unspecified atom stereocenters. The first-order valence-electron chi connectivity index (χ1n) is 10.2. The van der Waals surface area contributed by atoms with E-state index in [1.807, 2.05) is 0 Å². The molecular weight excluding hydrogens is 380 g/mol. The Morgan fingerprint density at radius 3 is 2.43 bits per heavy atom. The minimum Gasteiger partial charge on any atom is -0.355 e. The van der Waals surface area contributed by atoms with Crippen molar-refractivity contribution < 1.29 is 9.59 Å². The Kier molecular flexibility index (Phi) is 5.61. The number of hydrogen-bond donors (Lipinski definition) is 2. The maximum Gasteiger partial charge on any atom is 0.261 e. The number of aromatic nitrogens is 2. The molecular formula is C23H24N4O3. The van der Waals surface area contributed by atoms with E-state index in [1.165, 1.54) is 0 Å². The van der Waals surface area contributed by atoms with Crippen molar-refractivity contribution in [3.05, 3.63) is 69.8 Å². The third-order valence-corrected chi connectivity index (χ3v) is 5.46. The third-order valence-electron chi connectivity index (χ3n) is 5.46. The highest BCUT2D eigenvalue weighted by molar-refractivity contribution is 6.06. The van der Waals surface area contributed by atoms with Gasteiger partial charge in [-0.2, -0.15) is 0 Å². The van der Waals surface area contributed by atoms with E-state index in [4.69, 9.17) is 4.98 Å². The minimum absolute atomic E-state index is 0.0337. The Hall–Kier alpha value is -3.48. The molecule has 0 saturated carbocycles. The van der Waals surface area contributed by atoms with E-state index < -0.39 is 0 Å². The third kappa shape index (κ3) is 3.96. The molecule has 2 heterocycles. The van der Waals surface area contributed by atoms with Gasteiger partial charge >= 0.3 is 0 Å². The van der Waals surface area contributed by atoms with Gasteiger partial charge in [-0.25, -0.2) is 4.98 Å². The van der Waals surface area contributed by atoms with Crippen LogP contribution in [-0.4, -0.2) is 28.4 Å². The zero-order valence-corrected chi connectivity index (χ0v) is 16.9. The average molecular weight is 404 g/mol. The van der Waals surface area contributed by atoms with Gasteiger partial charge in [0.1, 0.15) is 5.82 Å². The largest absolute Gasteiger partial charge is 0.355 e. The van der Waals surface area contributed by atoms with Crippen molar-refractivity contribution in [2.24, 2.45) is 0 Å². The lowest BCUT2D eigenvalue weighted by atomic mass is 10.1. The van der Waals surface area contributed by atoms with Crippen molar-refractivity contribution in [3.8, 4) is 0 Å². The van der Waals surface area contributed by atoms with Gasteiger partial charge in [0.05, 0.1) is 10.9 Å². The Balaban J connectivity index is 1.61. The second-order valence-electron chi connectivity index (χ2n) is 7.49. The van der Waals surface area contributed by atoms with E-state index in [1.54, 1.807) is 54.1 Å². The number of amides is 2. The van der Waals surface area contributed by atoms with Crippen molar-refractivity contribution in [2.45, 2.75) is 38.6 Å². The summed E-state index contributed by atoms with van der Waals surface area (Å²) in [6, 6.07) is 11.7. The van der Waals surface area contributed by atoms with Gasteiger partial charge < -0.3 is 10.6 Å². The normalized spacial score (nSPS) is 13.8. The van der Waals surface area contributed by atoms with Gasteiger partial charge in [0.2, 0.25) is 0 Å². The number of anilines is 1. The summed E-state index contributed by atoms with van der Waals surface area (Å²) >= 11 is 0. The van der Waals surface area contributed by atoms with Crippen LogP contribution >= 0.6 is 0 Å². The van der Waals surface area contributed by atoms with Gasteiger partial charge in [-0.15, -0.1) is 0 Å². The van der Waals surface area contributed by atoms with Gasteiger partial charge in [0, 0.05) is 36.8 Å². The molecule has 1 aromatic heterocycles. The molecule has 0 radical (unpaired) electrons. The predicted molar refractivity (Wildman–Crippen MR) is 116 cm³/mol. The summed E-state index contributed by atoms with van der Waals surface area (Å²) in [5.41, 5.74) is 2.05. The number of carbonyl (C=O) groups excluding carboxylic acids is 2. The Morgan fingerprint density at radius 2 is 1.67 bits per heavy atom. The van der Waals surface area contributed by atoms with Crippen molar-refractivity contribution in [2.75, 3.05) is 12.4 Å². The number of rotatable bonds is 3. The zero-order chi connectivity index (χ0) is 21.1. The molecule has 7 nitrogen and oxygen atoms in total. The van der Waals surface area contributed by atoms with Gasteiger partial charge in [0.25, 0.3) is 17.4 Å². The predicted octanol–water partition coefficient (Wildman–Crippen LogP) is 3.12. The lowest BCUT2D eigenvalue weighted by Crippen LogP contribution is -2.26. The van der Waals surface area contributed by atoms with Crippen LogP contribution in [0.3, 0.4) is 0 Å². The minimum atomic E-state index is -0.293. The zero-order valence-electron chi connectivity index (χ0n) is 16.9. The van der Waals surface area contributed by atoms with Crippen LogP contribution in [0.1, 0.15) is 52.2 Å². The second-order valence-corrected chi connectivity index (χ2v) is 7.49. The van der Waals surface area contributed by atoms with Gasteiger partial charge in [0.15, 0.2) is 0 Å². The number of aryl methyl sites for hydroxylation is 1. The molecule has 1 aliphatic heterocycles. The highest BCUT2D eigenvalue weighted by Gasteiger charge is 2.15. The maximum atomic E-state index is 12.9. The van der Waals surface area contributed by atoms with Crippen LogP contribution < -0.4 is 16.2 Å². The number of fused-ring (bicyclic) bond motifs is 2. The lowest BCUT2D eigenvalue weighted by Gasteiger charge is -2.16. The lowest BCUT2D eigenvalue weighted by molar-refractivity contribution is 0.0962. The molecule has 1 aliphatic rings. The van der Waals surface area contributed by atoms with E-state index >= 15 is 0 Å². The molecule has 154 valence electrons. The van der Waals surface area contributed by atoms with E-state index in [0.717, 1.165) is 37.9 Å². The molecule has 0 saturated heterocycles. The number of nitrogens with zero attached hydrogens (tertiary/aromatic N) is 2. The molecule has 0 fully saturated rings. The van der Waals surface area contributed by atoms with Crippen LogP contribution in [0.15, 0.2) is 47.3 Å². The van der Waals surface area contributed by atoms with Crippen LogP contribution in [0.25, 0.3) is 10.9 Å². The molecule has 0 aliphatic carbocycles. The average Bonchev–Trinajstić information content (AvgIpc) is 2.74. The molecule has 0 atom stereocenters. The molecule has 2 N–H and O–H groups in total. The molecule has 4 rings (SSSR count). The topological polar surface area (TPSA) is 93.1 Å². The molecule has 0 spiro atoms. The van der Waals surface area contributed by atoms with Gasteiger partial charge in [-0.1, -0.05) is 12.8 Å². The summed E-state index contributed by atoms with van der Waals surface area (Å²) < 4.78 is 1.79. The van der Waals surface area contributed by atoms with Crippen molar-refractivity contribution in [1.29, 1.82) is 0 Å². The van der Waals surface area contributed by atoms with E-state index in [2.05, 4.69) is 10.6 Å². The highest BCUT2D eigenvalue weighted by Crippen LogP contribution is 2.18. The Morgan fingerprint density at radius 1 is 0.933 bits per heavy atom. The molecule has 3 aromatic rings. The Bertz CT molecular complexity index is 1170. The molecule has 2 amide bonds. The smallest absolute Gasteiger partial charge is 0.261 e. The molecule has 30 heavy (non-hydrogen) atoms. The fraction of sp³-hybridized carbons (Fsp3) is 0.304. The van der Waals surface area contributed by atoms with Gasteiger partial charge in [-0.3, -0.25) is 19.0 Å². The summed E-state index contributed by atoms with van der Waals surface area (Å²) in [4.78, 5) is 42.0. The number of nitrogens with one attached hydrogen (secondary N) is 2. The first kappa shape index (κ1) is 19.8. The highest BCUT2D eigenvalue weighted by atomic mass is 16.2. The molecule has 7 heteroatoms. The van der Waals surface area contributed by atoms with Crippen LogP contribution in [0.4, 0.5) is 5.69 Å². The molecule has 0 bridgehead atoms. The first-order chi connectivity index (χ1) is 14.6. The quantitative estimate of drug-likeness (QED) is 0.701. The van der Waals surface area contributed by atoms with Crippen LogP contribution in [0, 0.1) is 0 Å². The van der Waals surface area contributed by atoms with Crippen LogP contribution in [0.2, 0.25) is 0 Å².